The lowest BCUT2D eigenvalue weighted by molar-refractivity contribution is 0.469. The van der Waals surface area contributed by atoms with Crippen LogP contribution in [-0.4, -0.2) is 27.8 Å². The predicted molar refractivity (Wildman–Crippen MR) is 78.7 cm³/mol. The molecule has 0 bridgehead atoms. The van der Waals surface area contributed by atoms with E-state index in [0.717, 1.165) is 38.0 Å². The second-order valence-corrected chi connectivity index (χ2v) is 7.10. The van der Waals surface area contributed by atoms with E-state index in [9.17, 15) is 8.42 Å². The molecule has 0 spiro atoms. The van der Waals surface area contributed by atoms with Crippen LogP contribution in [0.1, 0.15) is 25.3 Å². The summed E-state index contributed by atoms with van der Waals surface area (Å²) in [5.41, 5.74) is 6.57. The van der Waals surface area contributed by atoms with E-state index in [2.05, 4.69) is 12.2 Å². The standard InChI is InChI=1S/C14H24N2O2S/c1-12(4-3-9-15)10-16-11-13-5-7-14(8-6-13)19(2,17)18/h5-8,12,16H,3-4,9-11,15H2,1-2H3. The summed E-state index contributed by atoms with van der Waals surface area (Å²) in [5.74, 6) is 0.610. The first-order valence-electron chi connectivity index (χ1n) is 6.63. The Morgan fingerprint density at radius 2 is 1.89 bits per heavy atom. The van der Waals surface area contributed by atoms with E-state index in [1.807, 2.05) is 12.1 Å². The van der Waals surface area contributed by atoms with E-state index in [1.54, 1.807) is 12.1 Å². The third kappa shape index (κ3) is 6.18. The SMILES string of the molecule is CC(CCCN)CNCc1ccc(S(C)(=O)=O)cc1. The smallest absolute Gasteiger partial charge is 0.175 e. The van der Waals surface area contributed by atoms with Crippen LogP contribution in [-0.2, 0) is 16.4 Å². The summed E-state index contributed by atoms with van der Waals surface area (Å²) in [4.78, 5) is 0.368. The molecule has 0 saturated heterocycles. The van der Waals surface area contributed by atoms with Crippen LogP contribution in [0.5, 0.6) is 0 Å². The summed E-state index contributed by atoms with van der Waals surface area (Å²) in [6.45, 7) is 4.66. The van der Waals surface area contributed by atoms with Crippen LogP contribution in [0.4, 0.5) is 0 Å². The Kier molecular flexibility index (Phi) is 6.48. The lowest BCUT2D eigenvalue weighted by Crippen LogP contribution is -2.21. The van der Waals surface area contributed by atoms with Gasteiger partial charge in [0, 0.05) is 12.8 Å². The van der Waals surface area contributed by atoms with Crippen molar-refractivity contribution in [3.05, 3.63) is 29.8 Å². The second-order valence-electron chi connectivity index (χ2n) is 5.08. The van der Waals surface area contributed by atoms with Gasteiger partial charge >= 0.3 is 0 Å². The summed E-state index contributed by atoms with van der Waals surface area (Å²) < 4.78 is 22.6. The van der Waals surface area contributed by atoms with Crippen LogP contribution >= 0.6 is 0 Å². The second kappa shape index (κ2) is 7.62. The fraction of sp³-hybridized carbons (Fsp3) is 0.571. The highest BCUT2D eigenvalue weighted by Crippen LogP contribution is 2.10. The van der Waals surface area contributed by atoms with Crippen molar-refractivity contribution in [2.75, 3.05) is 19.3 Å². The highest BCUT2D eigenvalue weighted by molar-refractivity contribution is 7.90. The van der Waals surface area contributed by atoms with Crippen LogP contribution in [0.25, 0.3) is 0 Å². The lowest BCUT2D eigenvalue weighted by atomic mass is 10.1. The summed E-state index contributed by atoms with van der Waals surface area (Å²) in [5, 5.41) is 3.38. The number of nitrogens with two attached hydrogens (primary N) is 1. The Balaban J connectivity index is 2.38. The number of sulfone groups is 1. The summed E-state index contributed by atoms with van der Waals surface area (Å²) in [6, 6.07) is 7.02. The van der Waals surface area contributed by atoms with Gasteiger partial charge in [-0.3, -0.25) is 0 Å². The molecular formula is C14H24N2O2S. The third-order valence-corrected chi connectivity index (χ3v) is 4.20. The quantitative estimate of drug-likeness (QED) is 0.760. The zero-order valence-corrected chi connectivity index (χ0v) is 12.5. The van der Waals surface area contributed by atoms with Gasteiger partial charge in [0.25, 0.3) is 0 Å². The lowest BCUT2D eigenvalue weighted by Gasteiger charge is -2.12. The van der Waals surface area contributed by atoms with Crippen LogP contribution in [0.15, 0.2) is 29.2 Å². The van der Waals surface area contributed by atoms with Crippen molar-refractivity contribution in [1.29, 1.82) is 0 Å². The monoisotopic (exact) mass is 284 g/mol. The molecule has 19 heavy (non-hydrogen) atoms. The largest absolute Gasteiger partial charge is 0.330 e. The molecule has 3 N–H and O–H groups in total. The summed E-state index contributed by atoms with van der Waals surface area (Å²) >= 11 is 0. The van der Waals surface area contributed by atoms with Crippen molar-refractivity contribution in [3.63, 3.8) is 0 Å². The molecule has 4 nitrogen and oxygen atoms in total. The predicted octanol–water partition coefficient (Wildman–Crippen LogP) is 1.55. The van der Waals surface area contributed by atoms with E-state index in [4.69, 9.17) is 5.73 Å². The third-order valence-electron chi connectivity index (χ3n) is 3.07. The number of nitrogens with one attached hydrogen (secondary N) is 1. The van der Waals surface area contributed by atoms with Crippen LogP contribution < -0.4 is 11.1 Å². The van der Waals surface area contributed by atoms with Gasteiger partial charge in [-0.2, -0.15) is 0 Å². The average Bonchev–Trinajstić information content (AvgIpc) is 2.36. The van der Waals surface area contributed by atoms with Crippen LogP contribution in [0.3, 0.4) is 0 Å². The molecule has 0 aliphatic rings. The number of hydrogen-bond acceptors (Lipinski definition) is 4. The number of rotatable bonds is 8. The zero-order chi connectivity index (χ0) is 14.3. The van der Waals surface area contributed by atoms with Crippen LogP contribution in [0, 0.1) is 5.92 Å². The van der Waals surface area contributed by atoms with Gasteiger partial charge in [0.05, 0.1) is 4.90 Å². The van der Waals surface area contributed by atoms with Gasteiger partial charge in [0.15, 0.2) is 9.84 Å². The van der Waals surface area contributed by atoms with Crippen molar-refractivity contribution >= 4 is 9.84 Å². The molecule has 1 aromatic rings. The molecule has 108 valence electrons. The fourth-order valence-corrected chi connectivity index (χ4v) is 2.52. The van der Waals surface area contributed by atoms with E-state index < -0.39 is 9.84 Å². The molecule has 1 atom stereocenters. The number of hydrogen-bond donors (Lipinski definition) is 2. The van der Waals surface area contributed by atoms with E-state index in [1.165, 1.54) is 6.26 Å². The van der Waals surface area contributed by atoms with Crippen molar-refractivity contribution < 1.29 is 8.42 Å². The summed E-state index contributed by atoms with van der Waals surface area (Å²) in [7, 11) is -3.10. The van der Waals surface area contributed by atoms with Crippen molar-refractivity contribution in [2.45, 2.75) is 31.2 Å². The Labute approximate surface area is 116 Å². The molecule has 0 radical (unpaired) electrons. The Bertz CT molecular complexity index is 469. The minimum Gasteiger partial charge on any atom is -0.330 e. The minimum atomic E-state index is -3.10. The zero-order valence-electron chi connectivity index (χ0n) is 11.7. The molecule has 0 aliphatic heterocycles. The Hall–Kier alpha value is -0.910. The normalized spacial score (nSPS) is 13.4. The Morgan fingerprint density at radius 1 is 1.26 bits per heavy atom. The van der Waals surface area contributed by atoms with Gasteiger partial charge in [-0.05, 0) is 49.5 Å². The van der Waals surface area contributed by atoms with Crippen molar-refractivity contribution in [2.24, 2.45) is 11.7 Å². The maximum atomic E-state index is 11.3. The Morgan fingerprint density at radius 3 is 2.42 bits per heavy atom. The van der Waals surface area contributed by atoms with Gasteiger partial charge in [-0.25, -0.2) is 8.42 Å². The first kappa shape index (κ1) is 16.1. The molecule has 1 unspecified atom stereocenters. The molecule has 0 amide bonds. The topological polar surface area (TPSA) is 72.2 Å². The van der Waals surface area contributed by atoms with Gasteiger partial charge in [-0.1, -0.05) is 19.1 Å². The molecule has 0 heterocycles. The minimum absolute atomic E-state index is 0.368. The van der Waals surface area contributed by atoms with Gasteiger partial charge in [0.2, 0.25) is 0 Å². The molecule has 1 aromatic carbocycles. The average molecular weight is 284 g/mol. The summed E-state index contributed by atoms with van der Waals surface area (Å²) in [6.07, 6.45) is 3.42. The molecule has 0 fully saturated rings. The molecular weight excluding hydrogens is 260 g/mol. The number of benzene rings is 1. The maximum absolute atomic E-state index is 11.3. The van der Waals surface area contributed by atoms with Crippen LogP contribution in [0.2, 0.25) is 0 Å². The maximum Gasteiger partial charge on any atom is 0.175 e. The first-order valence-corrected chi connectivity index (χ1v) is 8.52. The highest BCUT2D eigenvalue weighted by atomic mass is 32.2. The molecule has 5 heteroatoms. The highest BCUT2D eigenvalue weighted by Gasteiger charge is 2.06. The first-order chi connectivity index (χ1) is 8.93. The van der Waals surface area contributed by atoms with Gasteiger partial charge in [0.1, 0.15) is 0 Å². The molecule has 0 saturated carbocycles. The van der Waals surface area contributed by atoms with E-state index in [0.29, 0.717) is 10.8 Å². The van der Waals surface area contributed by atoms with E-state index in [-0.39, 0.29) is 0 Å². The fourth-order valence-electron chi connectivity index (χ4n) is 1.89. The molecule has 0 aromatic heterocycles. The molecule has 1 rings (SSSR count). The molecule has 0 aliphatic carbocycles. The van der Waals surface area contributed by atoms with Crippen molar-refractivity contribution in [1.82, 2.24) is 5.32 Å². The van der Waals surface area contributed by atoms with Gasteiger partial charge in [-0.15, -0.1) is 0 Å². The van der Waals surface area contributed by atoms with E-state index >= 15 is 0 Å². The van der Waals surface area contributed by atoms with Gasteiger partial charge < -0.3 is 11.1 Å². The van der Waals surface area contributed by atoms with Crippen molar-refractivity contribution in [3.8, 4) is 0 Å².